The van der Waals surface area contributed by atoms with E-state index in [1.807, 2.05) is 29.8 Å². The molecule has 33 heavy (non-hydrogen) atoms. The first-order valence-corrected chi connectivity index (χ1v) is 10.2. The van der Waals surface area contributed by atoms with Gasteiger partial charge in [-0.2, -0.15) is 8.78 Å². The van der Waals surface area contributed by atoms with Gasteiger partial charge >= 0.3 is 6.61 Å². The van der Waals surface area contributed by atoms with Crippen LogP contribution >= 0.6 is 24.0 Å². The number of nitrogens with one attached hydrogen (secondary N) is 2. The molecule has 0 spiro atoms. The quantitative estimate of drug-likeness (QED) is 0.214. The molecular weight excluding hydrogens is 543 g/mol. The fourth-order valence-corrected chi connectivity index (χ4v) is 3.14. The van der Waals surface area contributed by atoms with Crippen LogP contribution in [-0.2, 0) is 19.6 Å². The predicted molar refractivity (Wildman–Crippen MR) is 134 cm³/mol. The van der Waals surface area contributed by atoms with Crippen LogP contribution in [0.1, 0.15) is 23.6 Å². The third kappa shape index (κ3) is 8.52. The van der Waals surface area contributed by atoms with Gasteiger partial charge in [0.15, 0.2) is 5.96 Å². The van der Waals surface area contributed by atoms with Crippen molar-refractivity contribution in [3.05, 3.63) is 77.9 Å². The van der Waals surface area contributed by atoms with Crippen LogP contribution in [0.25, 0.3) is 0 Å². The van der Waals surface area contributed by atoms with Crippen molar-refractivity contribution in [3.63, 3.8) is 0 Å². The first kappa shape index (κ1) is 26.4. The Bertz CT molecular complexity index is 1020. The number of benzene rings is 2. The van der Waals surface area contributed by atoms with Gasteiger partial charge in [0, 0.05) is 37.6 Å². The van der Waals surface area contributed by atoms with Gasteiger partial charge in [-0.3, -0.25) is 0 Å². The van der Waals surface area contributed by atoms with Gasteiger partial charge in [0.05, 0.1) is 20.0 Å². The van der Waals surface area contributed by atoms with Crippen LogP contribution in [0.4, 0.5) is 8.78 Å². The highest BCUT2D eigenvalue weighted by molar-refractivity contribution is 14.0. The highest BCUT2D eigenvalue weighted by atomic mass is 127. The van der Waals surface area contributed by atoms with Crippen molar-refractivity contribution < 1.29 is 18.3 Å². The van der Waals surface area contributed by atoms with E-state index in [0.717, 1.165) is 17.7 Å². The molecule has 0 bridgehead atoms. The van der Waals surface area contributed by atoms with Crippen molar-refractivity contribution in [1.29, 1.82) is 0 Å². The number of halogens is 3. The van der Waals surface area contributed by atoms with E-state index in [1.54, 1.807) is 24.7 Å². The van der Waals surface area contributed by atoms with Crippen molar-refractivity contribution in [1.82, 2.24) is 20.2 Å². The molecule has 0 fully saturated rings. The Morgan fingerprint density at radius 3 is 2.67 bits per heavy atom. The zero-order chi connectivity index (χ0) is 22.8. The van der Waals surface area contributed by atoms with Gasteiger partial charge < -0.3 is 24.7 Å². The maximum atomic E-state index is 12.7. The molecule has 2 aromatic carbocycles. The Balaban J connectivity index is 0.00000385. The van der Waals surface area contributed by atoms with Crippen LogP contribution in [-0.4, -0.2) is 35.8 Å². The third-order valence-corrected chi connectivity index (χ3v) is 4.61. The lowest BCUT2D eigenvalue weighted by atomic mass is 10.1. The Labute approximate surface area is 209 Å². The maximum Gasteiger partial charge on any atom is 0.387 e. The van der Waals surface area contributed by atoms with Gasteiger partial charge in [0.25, 0.3) is 0 Å². The van der Waals surface area contributed by atoms with Crippen molar-refractivity contribution in [2.75, 3.05) is 13.7 Å². The molecule has 0 aliphatic carbocycles. The Morgan fingerprint density at radius 1 is 1.15 bits per heavy atom. The van der Waals surface area contributed by atoms with Gasteiger partial charge in [0.2, 0.25) is 0 Å². The van der Waals surface area contributed by atoms with Crippen LogP contribution in [0.3, 0.4) is 0 Å². The standard InChI is InChI=1S/C23H27F2N5O2.HI/c1-3-27-23(29-14-19-12-20(31-2)7-8-21(19)32-22(24)25)28-13-17-5-4-6-18(11-17)15-30-10-9-26-16-30;/h4-12,16,22H,3,13-15H2,1-2H3,(H2,27,28,29);1H. The predicted octanol–water partition coefficient (Wildman–Crippen LogP) is 4.41. The van der Waals surface area contributed by atoms with E-state index in [9.17, 15) is 8.78 Å². The Hall–Kier alpha value is -2.89. The smallest absolute Gasteiger partial charge is 0.387 e. The lowest BCUT2D eigenvalue weighted by Crippen LogP contribution is -2.36. The van der Waals surface area contributed by atoms with Crippen LogP contribution in [0, 0.1) is 0 Å². The fourth-order valence-electron chi connectivity index (χ4n) is 3.14. The maximum absolute atomic E-state index is 12.7. The highest BCUT2D eigenvalue weighted by Crippen LogP contribution is 2.25. The second kappa shape index (κ2) is 13.6. The topological polar surface area (TPSA) is 72.7 Å². The fraction of sp³-hybridized carbons (Fsp3) is 0.304. The van der Waals surface area contributed by atoms with Crippen molar-refractivity contribution in [3.8, 4) is 11.5 Å². The number of aromatic nitrogens is 2. The van der Waals surface area contributed by atoms with Gasteiger partial charge in [-0.15, -0.1) is 24.0 Å². The number of ether oxygens (including phenoxy) is 2. The van der Waals surface area contributed by atoms with Crippen molar-refractivity contribution >= 4 is 29.9 Å². The SMILES string of the molecule is CCNC(=NCc1cccc(Cn2ccnc2)c1)NCc1cc(OC)ccc1OC(F)F.I. The average Bonchev–Trinajstić information content (AvgIpc) is 3.29. The molecule has 0 atom stereocenters. The molecule has 10 heteroatoms. The van der Waals surface area contributed by atoms with Gasteiger partial charge in [-0.05, 0) is 36.2 Å². The minimum absolute atomic E-state index is 0. The minimum atomic E-state index is -2.90. The van der Waals surface area contributed by atoms with E-state index in [1.165, 1.54) is 13.2 Å². The second-order valence-electron chi connectivity index (χ2n) is 6.96. The summed E-state index contributed by atoms with van der Waals surface area (Å²) >= 11 is 0. The molecule has 3 rings (SSSR count). The number of rotatable bonds is 10. The van der Waals surface area contributed by atoms with Crippen LogP contribution in [0.5, 0.6) is 11.5 Å². The summed E-state index contributed by atoms with van der Waals surface area (Å²) in [6, 6.07) is 12.9. The Morgan fingerprint density at radius 2 is 1.97 bits per heavy atom. The van der Waals surface area contributed by atoms with E-state index in [-0.39, 0.29) is 36.3 Å². The molecular formula is C23H28F2IN5O2. The summed E-state index contributed by atoms with van der Waals surface area (Å²) in [5.41, 5.74) is 2.75. The summed E-state index contributed by atoms with van der Waals surface area (Å²) in [6.45, 7) is 1.15. The summed E-state index contributed by atoms with van der Waals surface area (Å²) in [4.78, 5) is 8.69. The van der Waals surface area contributed by atoms with E-state index >= 15 is 0 Å². The zero-order valence-electron chi connectivity index (χ0n) is 18.5. The molecule has 0 radical (unpaired) electrons. The molecule has 0 aliphatic rings. The number of guanidine groups is 1. The summed E-state index contributed by atoms with van der Waals surface area (Å²) < 4.78 is 37.3. The second-order valence-corrected chi connectivity index (χ2v) is 6.96. The molecule has 1 aromatic heterocycles. The number of hydrogen-bond donors (Lipinski definition) is 2. The largest absolute Gasteiger partial charge is 0.497 e. The molecule has 0 amide bonds. The monoisotopic (exact) mass is 571 g/mol. The number of alkyl halides is 2. The molecule has 7 nitrogen and oxygen atoms in total. The number of imidazole rings is 1. The summed E-state index contributed by atoms with van der Waals surface area (Å²) in [5.74, 6) is 1.22. The van der Waals surface area contributed by atoms with E-state index in [4.69, 9.17) is 4.74 Å². The molecule has 0 saturated heterocycles. The lowest BCUT2D eigenvalue weighted by molar-refractivity contribution is -0.0504. The van der Waals surface area contributed by atoms with Crippen LogP contribution in [0.15, 0.2) is 66.2 Å². The molecule has 2 N–H and O–H groups in total. The number of methoxy groups -OCH3 is 1. The molecule has 0 aliphatic heterocycles. The molecule has 3 aromatic rings. The van der Waals surface area contributed by atoms with E-state index in [2.05, 4.69) is 37.5 Å². The van der Waals surface area contributed by atoms with E-state index < -0.39 is 6.61 Å². The molecule has 178 valence electrons. The summed E-state index contributed by atoms with van der Waals surface area (Å²) in [5, 5.41) is 6.34. The summed E-state index contributed by atoms with van der Waals surface area (Å²) in [6.07, 6.45) is 5.45. The first-order valence-electron chi connectivity index (χ1n) is 10.2. The van der Waals surface area contributed by atoms with Crippen LogP contribution < -0.4 is 20.1 Å². The first-order chi connectivity index (χ1) is 15.6. The summed E-state index contributed by atoms with van der Waals surface area (Å²) in [7, 11) is 1.52. The highest BCUT2D eigenvalue weighted by Gasteiger charge is 2.11. The zero-order valence-corrected chi connectivity index (χ0v) is 20.8. The van der Waals surface area contributed by atoms with Crippen molar-refractivity contribution in [2.45, 2.75) is 33.2 Å². The Kier molecular flexibility index (Phi) is 10.9. The minimum Gasteiger partial charge on any atom is -0.497 e. The number of aliphatic imine (C=N–C) groups is 1. The number of hydrogen-bond acceptors (Lipinski definition) is 4. The third-order valence-electron chi connectivity index (χ3n) is 4.61. The number of nitrogens with zero attached hydrogens (tertiary/aromatic N) is 3. The van der Waals surface area contributed by atoms with Gasteiger partial charge in [-0.1, -0.05) is 24.3 Å². The normalized spacial score (nSPS) is 11.1. The van der Waals surface area contributed by atoms with E-state index in [0.29, 0.717) is 30.4 Å². The average molecular weight is 571 g/mol. The van der Waals surface area contributed by atoms with Crippen LogP contribution in [0.2, 0.25) is 0 Å². The molecule has 0 unspecified atom stereocenters. The molecule has 1 heterocycles. The van der Waals surface area contributed by atoms with Crippen molar-refractivity contribution in [2.24, 2.45) is 4.99 Å². The lowest BCUT2D eigenvalue weighted by Gasteiger charge is -2.15. The molecule has 0 saturated carbocycles. The van der Waals surface area contributed by atoms with Gasteiger partial charge in [-0.25, -0.2) is 9.98 Å². The van der Waals surface area contributed by atoms with Gasteiger partial charge in [0.1, 0.15) is 11.5 Å².